The molecule has 0 saturated carbocycles. The van der Waals surface area contributed by atoms with Gasteiger partial charge in [-0.2, -0.15) is 0 Å². The lowest BCUT2D eigenvalue weighted by atomic mass is 10.1. The van der Waals surface area contributed by atoms with Gasteiger partial charge < -0.3 is 15.2 Å². The Morgan fingerprint density at radius 3 is 2.13 bits per heavy atom. The smallest absolute Gasteiger partial charge is 0.305 e. The summed E-state index contributed by atoms with van der Waals surface area (Å²) in [6.45, 7) is 0. The normalized spacial score (nSPS) is 10.2. The van der Waals surface area contributed by atoms with Gasteiger partial charge in [0.25, 0.3) is 11.8 Å². The van der Waals surface area contributed by atoms with Crippen LogP contribution in [0.2, 0.25) is 0 Å². The molecule has 0 atom stereocenters. The first kappa shape index (κ1) is 23.6. The third kappa shape index (κ3) is 7.93. The number of unbranched alkanes of at least 4 members (excludes halogenated alkanes) is 3. The second-order valence-corrected chi connectivity index (χ2v) is 6.92. The van der Waals surface area contributed by atoms with Crippen molar-refractivity contribution in [3.8, 4) is 5.75 Å². The predicted molar refractivity (Wildman–Crippen MR) is 115 cm³/mol. The molecule has 2 aromatic carbocycles. The Morgan fingerprint density at radius 2 is 1.48 bits per heavy atom. The van der Waals surface area contributed by atoms with Crippen LogP contribution in [-0.2, 0) is 14.3 Å². The average Bonchev–Trinajstić information content (AvgIpc) is 2.76. The first-order valence-electron chi connectivity index (χ1n) is 10.0. The fraction of sp³-hybridized carbons (Fsp3) is 0.304. The summed E-state index contributed by atoms with van der Waals surface area (Å²) in [7, 11) is 1.36. The van der Waals surface area contributed by atoms with E-state index in [0.29, 0.717) is 24.9 Å². The largest absolute Gasteiger partial charge is 0.507 e. The van der Waals surface area contributed by atoms with Crippen LogP contribution < -0.4 is 10.6 Å². The second kappa shape index (κ2) is 12.1. The maximum absolute atomic E-state index is 12.2. The number of para-hydroxylation sites is 1. The minimum absolute atomic E-state index is 0.00466. The zero-order chi connectivity index (χ0) is 22.6. The Morgan fingerprint density at radius 1 is 0.839 bits per heavy atom. The lowest BCUT2D eigenvalue weighted by Gasteiger charge is -2.08. The highest BCUT2D eigenvalue weighted by Crippen LogP contribution is 2.16. The molecule has 0 saturated heterocycles. The molecule has 2 rings (SSSR count). The summed E-state index contributed by atoms with van der Waals surface area (Å²) in [6.07, 6.45) is 3.89. The summed E-state index contributed by atoms with van der Waals surface area (Å²) >= 11 is 0. The average molecular weight is 426 g/mol. The molecule has 8 nitrogen and oxygen atoms in total. The minimum atomic E-state index is -0.702. The summed E-state index contributed by atoms with van der Waals surface area (Å²) in [4.78, 5) is 47.4. The fourth-order valence-corrected chi connectivity index (χ4v) is 2.85. The second-order valence-electron chi connectivity index (χ2n) is 6.92. The molecule has 31 heavy (non-hydrogen) atoms. The van der Waals surface area contributed by atoms with Crippen LogP contribution in [0.3, 0.4) is 0 Å². The van der Waals surface area contributed by atoms with Gasteiger partial charge in [0.2, 0.25) is 5.91 Å². The Balaban J connectivity index is 1.75. The molecule has 3 amide bonds. The van der Waals surface area contributed by atoms with Gasteiger partial charge in [-0.25, -0.2) is 0 Å². The van der Waals surface area contributed by atoms with Crippen LogP contribution in [0.1, 0.15) is 59.2 Å². The number of methoxy groups -OCH3 is 1. The minimum Gasteiger partial charge on any atom is -0.507 e. The molecule has 0 heterocycles. The third-order valence-corrected chi connectivity index (χ3v) is 4.57. The van der Waals surface area contributed by atoms with E-state index in [1.165, 1.54) is 31.4 Å². The van der Waals surface area contributed by atoms with E-state index in [0.717, 1.165) is 19.3 Å². The number of amides is 3. The molecule has 0 aliphatic rings. The topological polar surface area (TPSA) is 122 Å². The molecule has 2 aromatic rings. The van der Waals surface area contributed by atoms with Gasteiger partial charge in [-0.05, 0) is 49.2 Å². The molecule has 3 N–H and O–H groups in total. The number of phenols is 1. The summed E-state index contributed by atoms with van der Waals surface area (Å²) in [5, 5.41) is 14.7. The number of phenolic OH excluding ortho intramolecular Hbond substituents is 1. The Hall–Kier alpha value is -3.68. The van der Waals surface area contributed by atoms with Gasteiger partial charge in [0.1, 0.15) is 5.75 Å². The lowest BCUT2D eigenvalue weighted by molar-refractivity contribution is -0.140. The molecule has 0 fully saturated rings. The van der Waals surface area contributed by atoms with Crippen LogP contribution in [0.25, 0.3) is 0 Å². The number of rotatable bonds is 10. The summed E-state index contributed by atoms with van der Waals surface area (Å²) in [5.41, 5.74) is 0.789. The van der Waals surface area contributed by atoms with Crippen LogP contribution in [0.5, 0.6) is 5.75 Å². The van der Waals surface area contributed by atoms with Crippen LogP contribution in [-0.4, -0.2) is 35.9 Å². The van der Waals surface area contributed by atoms with Crippen molar-refractivity contribution < 1.29 is 29.0 Å². The van der Waals surface area contributed by atoms with Crippen molar-refractivity contribution in [2.45, 2.75) is 38.5 Å². The number of benzene rings is 2. The number of carbonyl (C=O) groups is 4. The maximum Gasteiger partial charge on any atom is 0.305 e. The molecule has 0 aliphatic carbocycles. The van der Waals surface area contributed by atoms with Gasteiger partial charge in [0, 0.05) is 24.1 Å². The van der Waals surface area contributed by atoms with Gasteiger partial charge in [0.15, 0.2) is 0 Å². The van der Waals surface area contributed by atoms with Crippen LogP contribution in [0.15, 0.2) is 48.5 Å². The first-order chi connectivity index (χ1) is 14.9. The quantitative estimate of drug-likeness (QED) is 0.304. The van der Waals surface area contributed by atoms with E-state index in [-0.39, 0.29) is 28.8 Å². The zero-order valence-corrected chi connectivity index (χ0v) is 17.3. The molecular weight excluding hydrogens is 400 g/mol. The molecule has 0 radical (unpaired) electrons. The van der Waals surface area contributed by atoms with Gasteiger partial charge in [-0.3, -0.25) is 24.5 Å². The number of esters is 1. The van der Waals surface area contributed by atoms with Gasteiger partial charge in [0.05, 0.1) is 12.7 Å². The standard InChI is InChI=1S/C23H26N2O6/c1-31-21(28)11-5-3-2-4-10-20(27)24-17-14-12-16(13-15-17)22(29)25-23(30)18-8-6-7-9-19(18)26/h6-9,12-15,26H,2-5,10-11H2,1H3,(H,24,27)(H,25,29,30). The fourth-order valence-electron chi connectivity index (χ4n) is 2.85. The van der Waals surface area contributed by atoms with Crippen molar-refractivity contribution in [1.29, 1.82) is 0 Å². The van der Waals surface area contributed by atoms with Crippen LogP contribution >= 0.6 is 0 Å². The predicted octanol–water partition coefficient (Wildman–Crippen LogP) is 3.41. The Labute approximate surface area is 180 Å². The van der Waals surface area contributed by atoms with E-state index >= 15 is 0 Å². The lowest BCUT2D eigenvalue weighted by Crippen LogP contribution is -2.30. The van der Waals surface area contributed by atoms with E-state index in [9.17, 15) is 24.3 Å². The van der Waals surface area contributed by atoms with Crippen molar-refractivity contribution in [3.63, 3.8) is 0 Å². The van der Waals surface area contributed by atoms with Crippen molar-refractivity contribution in [3.05, 3.63) is 59.7 Å². The highest BCUT2D eigenvalue weighted by atomic mass is 16.5. The molecule has 0 spiro atoms. The van der Waals surface area contributed by atoms with E-state index in [1.807, 2.05) is 0 Å². The van der Waals surface area contributed by atoms with E-state index in [1.54, 1.807) is 24.3 Å². The van der Waals surface area contributed by atoms with Crippen molar-refractivity contribution in [2.75, 3.05) is 12.4 Å². The number of imide groups is 1. The van der Waals surface area contributed by atoms with Crippen molar-refractivity contribution >= 4 is 29.4 Å². The number of anilines is 1. The number of hydrogen-bond acceptors (Lipinski definition) is 6. The van der Waals surface area contributed by atoms with Crippen LogP contribution in [0, 0.1) is 0 Å². The number of aromatic hydroxyl groups is 1. The third-order valence-electron chi connectivity index (χ3n) is 4.57. The monoisotopic (exact) mass is 426 g/mol. The molecular formula is C23H26N2O6. The highest BCUT2D eigenvalue weighted by molar-refractivity contribution is 6.11. The summed E-state index contributed by atoms with van der Waals surface area (Å²) in [6, 6.07) is 12.1. The highest BCUT2D eigenvalue weighted by Gasteiger charge is 2.15. The Kier molecular flexibility index (Phi) is 9.22. The zero-order valence-electron chi connectivity index (χ0n) is 17.3. The molecule has 164 valence electrons. The molecule has 0 unspecified atom stereocenters. The molecule has 0 aliphatic heterocycles. The number of hydrogen-bond donors (Lipinski definition) is 3. The molecule has 8 heteroatoms. The number of nitrogens with one attached hydrogen (secondary N) is 2. The summed E-state index contributed by atoms with van der Waals surface area (Å²) < 4.78 is 4.57. The number of carbonyl (C=O) groups excluding carboxylic acids is 4. The van der Waals surface area contributed by atoms with E-state index in [4.69, 9.17) is 0 Å². The Bertz CT molecular complexity index is 924. The van der Waals surface area contributed by atoms with Gasteiger partial charge in [-0.15, -0.1) is 0 Å². The van der Waals surface area contributed by atoms with E-state index in [2.05, 4.69) is 15.4 Å². The number of ether oxygens (including phenoxy) is 1. The first-order valence-corrected chi connectivity index (χ1v) is 10.0. The van der Waals surface area contributed by atoms with Crippen LogP contribution in [0.4, 0.5) is 5.69 Å². The molecule has 0 bridgehead atoms. The van der Waals surface area contributed by atoms with Gasteiger partial charge in [-0.1, -0.05) is 25.0 Å². The summed E-state index contributed by atoms with van der Waals surface area (Å²) in [5.74, 6) is -1.89. The maximum atomic E-state index is 12.2. The van der Waals surface area contributed by atoms with E-state index < -0.39 is 11.8 Å². The SMILES string of the molecule is COC(=O)CCCCCCC(=O)Nc1ccc(C(=O)NC(=O)c2ccccc2O)cc1. The van der Waals surface area contributed by atoms with Gasteiger partial charge >= 0.3 is 5.97 Å². The molecule has 0 aromatic heterocycles. The van der Waals surface area contributed by atoms with Crippen molar-refractivity contribution in [2.24, 2.45) is 0 Å². The van der Waals surface area contributed by atoms with Crippen molar-refractivity contribution in [1.82, 2.24) is 5.32 Å².